The largest absolute Gasteiger partial charge is 0.394 e. The van der Waals surface area contributed by atoms with Gasteiger partial charge < -0.3 is 274 Å². The van der Waals surface area contributed by atoms with Crippen molar-refractivity contribution in [3.63, 3.8) is 0 Å². The van der Waals surface area contributed by atoms with Crippen LogP contribution >= 0.6 is 0 Å². The molecule has 0 aromatic rings. The van der Waals surface area contributed by atoms with Crippen molar-refractivity contribution < 1.29 is 272 Å². The summed E-state index contributed by atoms with van der Waals surface area (Å²) in [6.07, 6.45) is -106. The number of carbonyl (C=O) groups is 4. The quantitative estimate of drug-likeness (QED) is 0.0284. The molecule has 11 aliphatic heterocycles. The standard InChI is InChI=1S/C74H124N4O55/c1-16-35(91)45(101)51(107)69(115-16)133-63-48(104)38(94)23(8-81)119-74(63)130-59-26(11-84)121-66(32(42(59)98)76-18(3)88)114-15-30-40(96)62(55(111)73(125-30)129-60-24(9-82)116-64(112)50(106)49(60)105)132-68-34(78-20(5)90)44(100)58(28(13-86)123-68)128-72-54(110)61(131-67-33(77-19(4)89)43(99)57(27(12-85)122-67)127-71-53(109)47(103)37(93)22(7-80)118-71)39(95)29(124-72)14-113-65-31(75-17(2)87)41(97)56(25(10-83)120-65)126-70-52(108)46(102)36(92)21(6-79)117-70/h16,21-74,79-86,91-112H,6-15H2,1-5H3,(H,75,87)(H,76,88)(H,77,89)(H,78,90)/t16-,21+,22+,23+,24+,25+,26+,27+,28+,29+,30+,31+,32+,33+,34+,35+,36-,37-,38-,39-,40-,41+,42+,43+,44+,45+,46-,47-,48-,49+,50+,51-,52+,53+,54+,55+,56+,57+,58+,59+,60+,61-,62-,63+,64?,65+,66+,67-,68-,69-,70-,71-,72-,73-,74-/m0/s1. The highest BCUT2D eigenvalue weighted by Crippen LogP contribution is 2.42. The molecule has 11 fully saturated rings. The normalized spacial score (nSPS) is 50.1. The summed E-state index contributed by atoms with van der Waals surface area (Å²) in [6.45, 7) is -6.20. The fourth-order valence-electron chi connectivity index (χ4n) is 17.3. The van der Waals surface area contributed by atoms with Crippen molar-refractivity contribution in [1.29, 1.82) is 0 Å². The predicted molar refractivity (Wildman–Crippen MR) is 407 cm³/mol. The number of aliphatic hydroxyl groups is 30. The first-order chi connectivity index (χ1) is 62.9. The van der Waals surface area contributed by atoms with Crippen LogP contribution in [0.15, 0.2) is 0 Å². The monoisotopic (exact) mass is 1950 g/mol. The zero-order valence-corrected chi connectivity index (χ0v) is 71.4. The summed E-state index contributed by atoms with van der Waals surface area (Å²) >= 11 is 0. The molecule has 0 aromatic carbocycles. The van der Waals surface area contributed by atoms with E-state index in [4.69, 9.17) is 99.5 Å². The number of carbonyl (C=O) groups excluding carboxylic acids is 4. The van der Waals surface area contributed by atoms with Crippen LogP contribution in [-0.2, 0) is 119 Å². The molecule has 11 rings (SSSR count). The van der Waals surface area contributed by atoms with Crippen LogP contribution in [0.5, 0.6) is 0 Å². The Balaban J connectivity index is 0.884. The third-order valence-corrected chi connectivity index (χ3v) is 24.5. The van der Waals surface area contributed by atoms with Gasteiger partial charge in [0.2, 0.25) is 23.6 Å². The lowest BCUT2D eigenvalue weighted by molar-refractivity contribution is -0.391. The second-order valence-electron chi connectivity index (χ2n) is 33.8. The molecule has 770 valence electrons. The molecule has 1 unspecified atom stereocenters. The molecule has 59 nitrogen and oxygen atoms in total. The molecule has 0 aliphatic carbocycles. The van der Waals surface area contributed by atoms with Crippen molar-refractivity contribution in [2.24, 2.45) is 0 Å². The summed E-state index contributed by atoms with van der Waals surface area (Å²) in [5.41, 5.74) is 0. The summed E-state index contributed by atoms with van der Waals surface area (Å²) in [4.78, 5) is 52.6. The van der Waals surface area contributed by atoms with E-state index in [-0.39, 0.29) is 0 Å². The number of hydrogen-bond acceptors (Lipinski definition) is 55. The average Bonchev–Trinajstić information content (AvgIpc) is 0.764. The molecule has 0 bridgehead atoms. The topological polar surface area (TPSA) is 917 Å². The van der Waals surface area contributed by atoms with Crippen molar-refractivity contribution >= 4 is 23.6 Å². The summed E-state index contributed by atoms with van der Waals surface area (Å²) in [5.74, 6) is -3.94. The van der Waals surface area contributed by atoms with Crippen molar-refractivity contribution in [3.8, 4) is 0 Å². The minimum absolute atomic E-state index is 0.867. The number of amides is 4. The van der Waals surface area contributed by atoms with Gasteiger partial charge in [-0.2, -0.15) is 0 Å². The number of rotatable bonds is 34. The van der Waals surface area contributed by atoms with E-state index in [1.165, 1.54) is 6.92 Å². The van der Waals surface area contributed by atoms with Crippen molar-refractivity contribution in [3.05, 3.63) is 0 Å². The SMILES string of the molecule is CC(=O)N[C@H]1[C@H](OC[C@H]2O[C@@H](O[C@H]3[C@H](O)[C@@H](NC(C)=O)[C@H](O[C@H]4[C@@H](O)[C@@H](CO[C@@H]5O[C@H](CO)[C@@H](O[C@@H]6O[C@H](CO)[C@H](O)[C@H](O)[C@H]6O[C@@H]6O[C@@H](C)[C@@H](O)[C@@H](O)[C@@H]6O)[C@H](O)[C@H]5NC(C)=O)O[C@@H](O[C@H]5[C@H](O)[C@@H](O)C(O)O[C@@H]5CO)[C@@H]4O)O[C@@H]3CO)[C@H](O)[C@@H](O[C@@H]3O[C@H](CO)[C@@H](O[C@@H]4O[C@H](CO)[C@H](O)[C@H](O)[C@H]4O)[C@H](O)[C@H]3NC(C)=O)[C@H]2O)O[C@H](CO)[C@@H](O[C@@H]2O[C@H](CO)[C@H](O)[C@H](O)[C@H]2O)[C@@H]1O. The van der Waals surface area contributed by atoms with Gasteiger partial charge in [0.25, 0.3) is 0 Å². The molecule has 11 heterocycles. The fraction of sp³-hybridized carbons (Fsp3) is 0.946. The third kappa shape index (κ3) is 24.1. The van der Waals surface area contributed by atoms with E-state index in [0.717, 1.165) is 27.7 Å². The Hall–Kier alpha value is -4.16. The first-order valence-corrected chi connectivity index (χ1v) is 42.5. The molecule has 11 saturated heterocycles. The van der Waals surface area contributed by atoms with Gasteiger partial charge in [0, 0.05) is 27.7 Å². The Kier molecular flexibility index (Phi) is 39.1. The first-order valence-electron chi connectivity index (χ1n) is 42.5. The maximum absolute atomic E-state index is 13.5. The van der Waals surface area contributed by atoms with Crippen LogP contribution in [0.4, 0.5) is 0 Å². The predicted octanol–water partition coefficient (Wildman–Crippen LogP) is -23.4. The summed E-state index contributed by atoms with van der Waals surface area (Å²) in [5, 5.41) is 344. The second-order valence-corrected chi connectivity index (χ2v) is 33.8. The van der Waals surface area contributed by atoms with E-state index in [2.05, 4.69) is 21.3 Å². The zero-order valence-electron chi connectivity index (χ0n) is 71.4. The van der Waals surface area contributed by atoms with Crippen LogP contribution in [0.1, 0.15) is 34.6 Å². The molecule has 0 aromatic heterocycles. The van der Waals surface area contributed by atoms with Gasteiger partial charge in [0.1, 0.15) is 262 Å². The number of hydrogen-bond donors (Lipinski definition) is 34. The third-order valence-electron chi connectivity index (χ3n) is 24.5. The van der Waals surface area contributed by atoms with E-state index in [1.807, 2.05) is 0 Å². The molecule has 34 N–H and O–H groups in total. The Bertz CT molecular complexity index is 3630. The van der Waals surface area contributed by atoms with E-state index in [1.54, 1.807) is 0 Å². The molecule has 55 atom stereocenters. The Morgan fingerprint density at radius 3 is 0.774 bits per heavy atom. The zero-order chi connectivity index (χ0) is 97.8. The summed E-state index contributed by atoms with van der Waals surface area (Å²) < 4.78 is 124. The van der Waals surface area contributed by atoms with Crippen LogP contribution in [-0.4, -0.2) is 580 Å². The molecular weight excluding hydrogens is 1820 g/mol. The minimum atomic E-state index is -2.57. The fourth-order valence-corrected chi connectivity index (χ4v) is 17.3. The number of ether oxygens (including phenoxy) is 21. The molecule has 59 heteroatoms. The molecule has 0 radical (unpaired) electrons. The number of aliphatic hydroxyl groups excluding tert-OH is 30. The molecule has 0 spiro atoms. The van der Waals surface area contributed by atoms with Gasteiger partial charge in [-0.1, -0.05) is 0 Å². The highest BCUT2D eigenvalue weighted by molar-refractivity contribution is 5.74. The van der Waals surface area contributed by atoms with Gasteiger partial charge >= 0.3 is 0 Å². The average molecular weight is 1950 g/mol. The lowest BCUT2D eigenvalue weighted by Crippen LogP contribution is -2.71. The van der Waals surface area contributed by atoms with E-state index >= 15 is 0 Å². The van der Waals surface area contributed by atoms with Crippen LogP contribution in [0, 0.1) is 0 Å². The van der Waals surface area contributed by atoms with Crippen LogP contribution in [0.25, 0.3) is 0 Å². The van der Waals surface area contributed by atoms with Gasteiger partial charge in [-0.3, -0.25) is 19.2 Å². The summed E-state index contributed by atoms with van der Waals surface area (Å²) in [7, 11) is 0. The summed E-state index contributed by atoms with van der Waals surface area (Å²) in [6, 6.07) is -7.93. The number of nitrogens with one attached hydrogen (secondary N) is 4. The van der Waals surface area contributed by atoms with Crippen LogP contribution in [0.3, 0.4) is 0 Å². The van der Waals surface area contributed by atoms with Gasteiger partial charge in [-0.25, -0.2) is 0 Å². The van der Waals surface area contributed by atoms with Gasteiger partial charge in [0.05, 0.1) is 72.2 Å². The maximum Gasteiger partial charge on any atom is 0.217 e. The van der Waals surface area contributed by atoms with Crippen molar-refractivity contribution in [1.82, 2.24) is 21.3 Å². The van der Waals surface area contributed by atoms with Crippen LogP contribution in [0.2, 0.25) is 0 Å². The van der Waals surface area contributed by atoms with E-state index in [9.17, 15) is 172 Å². The Labute approximate surface area is 752 Å². The molecular formula is C74H124N4O55. The van der Waals surface area contributed by atoms with Gasteiger partial charge in [0.15, 0.2) is 69.2 Å². The molecule has 4 amide bonds. The van der Waals surface area contributed by atoms with E-state index < -0.39 is 427 Å². The van der Waals surface area contributed by atoms with Crippen LogP contribution < -0.4 is 21.3 Å². The highest BCUT2D eigenvalue weighted by Gasteiger charge is 2.63. The molecule has 133 heavy (non-hydrogen) atoms. The highest BCUT2D eigenvalue weighted by atomic mass is 16.8. The second kappa shape index (κ2) is 47.6. The van der Waals surface area contributed by atoms with Gasteiger partial charge in [-0.05, 0) is 6.92 Å². The Morgan fingerprint density at radius 2 is 0.444 bits per heavy atom. The van der Waals surface area contributed by atoms with Crippen molar-refractivity contribution in [2.45, 2.75) is 372 Å². The maximum atomic E-state index is 13.5. The van der Waals surface area contributed by atoms with Crippen molar-refractivity contribution in [2.75, 3.05) is 66.1 Å². The molecule has 11 aliphatic rings. The lowest BCUT2D eigenvalue weighted by atomic mass is 9.93. The Morgan fingerprint density at radius 1 is 0.211 bits per heavy atom. The first kappa shape index (κ1) is 109. The van der Waals surface area contributed by atoms with E-state index in [0.29, 0.717) is 0 Å². The van der Waals surface area contributed by atoms with Gasteiger partial charge in [-0.15, -0.1) is 0 Å². The molecule has 0 saturated carbocycles. The minimum Gasteiger partial charge on any atom is -0.394 e. The smallest absolute Gasteiger partial charge is 0.217 e. The lowest BCUT2D eigenvalue weighted by Gasteiger charge is -2.51.